The predicted molar refractivity (Wildman–Crippen MR) is 154 cm³/mol. The van der Waals surface area contributed by atoms with E-state index in [9.17, 15) is 8.78 Å². The van der Waals surface area contributed by atoms with Crippen LogP contribution >= 0.6 is 0 Å². The maximum Gasteiger partial charge on any atom is 0.266 e. The summed E-state index contributed by atoms with van der Waals surface area (Å²) in [6.07, 6.45) is 14.3. The predicted octanol–water partition coefficient (Wildman–Crippen LogP) is 11.2. The molecule has 0 aromatic heterocycles. The summed E-state index contributed by atoms with van der Waals surface area (Å²) in [4.78, 5) is 0. The average molecular weight is 495 g/mol. The van der Waals surface area contributed by atoms with Gasteiger partial charge in [-0.15, -0.1) is 0 Å². The molecule has 0 heterocycles. The fraction of sp³-hybridized carbons (Fsp3) is 0.529. The lowest BCUT2D eigenvalue weighted by Crippen LogP contribution is -2.16. The van der Waals surface area contributed by atoms with E-state index < -0.39 is 5.92 Å². The zero-order chi connectivity index (χ0) is 27.5. The number of rotatable bonds is 12. The summed E-state index contributed by atoms with van der Waals surface area (Å²) in [7, 11) is 0. The third-order valence-electron chi connectivity index (χ3n) is 8.61. The van der Waals surface area contributed by atoms with Crippen molar-refractivity contribution in [1.29, 1.82) is 0 Å². The Balaban J connectivity index is 2.42. The molecule has 2 rings (SSSR count). The molecule has 0 nitrogen and oxygen atoms in total. The van der Waals surface area contributed by atoms with Gasteiger partial charge in [0.05, 0.1) is 0 Å². The van der Waals surface area contributed by atoms with Gasteiger partial charge in [0, 0.05) is 6.92 Å². The highest BCUT2D eigenvalue weighted by Crippen LogP contribution is 2.51. The van der Waals surface area contributed by atoms with Crippen molar-refractivity contribution >= 4 is 0 Å². The average Bonchev–Trinajstić information content (AvgIpc) is 3.39. The van der Waals surface area contributed by atoms with E-state index in [1.165, 1.54) is 43.8 Å². The molecule has 2 heteroatoms. The van der Waals surface area contributed by atoms with E-state index in [1.54, 1.807) is 6.08 Å². The van der Waals surface area contributed by atoms with Crippen LogP contribution < -0.4 is 0 Å². The van der Waals surface area contributed by atoms with E-state index in [2.05, 4.69) is 53.2 Å². The third kappa shape index (κ3) is 7.17. The molecule has 0 spiro atoms. The van der Waals surface area contributed by atoms with Crippen LogP contribution in [0.3, 0.4) is 0 Å². The van der Waals surface area contributed by atoms with Crippen molar-refractivity contribution in [3.8, 4) is 0 Å². The van der Waals surface area contributed by atoms with E-state index >= 15 is 0 Å². The minimum atomic E-state index is -2.87. The first-order valence-electron chi connectivity index (χ1n) is 13.4. The van der Waals surface area contributed by atoms with Gasteiger partial charge >= 0.3 is 0 Å². The Labute approximate surface area is 220 Å². The topological polar surface area (TPSA) is 0 Å². The van der Waals surface area contributed by atoms with Gasteiger partial charge in [0.25, 0.3) is 5.92 Å². The zero-order valence-corrected chi connectivity index (χ0v) is 24.0. The van der Waals surface area contributed by atoms with Crippen LogP contribution in [0, 0.1) is 10.8 Å². The van der Waals surface area contributed by atoms with Gasteiger partial charge in [-0.05, 0) is 117 Å². The lowest BCUT2D eigenvalue weighted by Gasteiger charge is -2.30. The Morgan fingerprint density at radius 2 is 1.42 bits per heavy atom. The first kappa shape index (κ1) is 30.0. The van der Waals surface area contributed by atoms with E-state index in [-0.39, 0.29) is 16.4 Å². The Kier molecular flexibility index (Phi) is 9.54. The van der Waals surface area contributed by atoms with Crippen LogP contribution in [0.4, 0.5) is 8.78 Å². The van der Waals surface area contributed by atoms with Crippen LogP contribution in [-0.4, -0.2) is 5.92 Å². The largest absolute Gasteiger partial charge is 0.266 e. The molecule has 36 heavy (non-hydrogen) atoms. The minimum absolute atomic E-state index is 0.0473. The van der Waals surface area contributed by atoms with E-state index in [0.717, 1.165) is 59.6 Å². The summed E-state index contributed by atoms with van der Waals surface area (Å²) < 4.78 is 28.2. The summed E-state index contributed by atoms with van der Waals surface area (Å²) >= 11 is 0. The molecule has 2 aliphatic carbocycles. The molecule has 198 valence electrons. The maximum absolute atomic E-state index is 14.1. The van der Waals surface area contributed by atoms with Gasteiger partial charge in [-0.3, -0.25) is 0 Å². The first-order valence-corrected chi connectivity index (χ1v) is 13.4. The van der Waals surface area contributed by atoms with Crippen LogP contribution in [0.25, 0.3) is 0 Å². The molecule has 2 fully saturated rings. The second-order valence-corrected chi connectivity index (χ2v) is 12.0. The van der Waals surface area contributed by atoms with Crippen molar-refractivity contribution in [3.05, 3.63) is 94.7 Å². The van der Waals surface area contributed by atoms with Gasteiger partial charge < -0.3 is 0 Å². The van der Waals surface area contributed by atoms with E-state index in [4.69, 9.17) is 0 Å². The third-order valence-corrected chi connectivity index (χ3v) is 8.61. The fourth-order valence-corrected chi connectivity index (χ4v) is 5.32. The van der Waals surface area contributed by atoms with E-state index in [0.29, 0.717) is 6.42 Å². The summed E-state index contributed by atoms with van der Waals surface area (Å²) in [5, 5.41) is 0. The summed E-state index contributed by atoms with van der Waals surface area (Å²) in [6, 6.07) is 0. The Hall–Kier alpha value is -2.22. The number of hydrogen-bond acceptors (Lipinski definition) is 0. The number of hydrogen-bond donors (Lipinski definition) is 0. The Morgan fingerprint density at radius 3 is 1.86 bits per heavy atom. The number of halogens is 2. The van der Waals surface area contributed by atoms with Crippen molar-refractivity contribution in [1.82, 2.24) is 0 Å². The smallest absolute Gasteiger partial charge is 0.202 e. The molecule has 2 saturated carbocycles. The standard InChI is InChI=1S/C34H48F2/c1-12-30(33(10)17-13-14-18-33)31(23(2)3)25(5)16-15-24(4)29(22-28(8)34(11,35)36)26(6)21-27(7)32(9)19-20-32/h12,21-22H,1-2,5-6,13-20H2,3-4,7-11H3/b27-21+,28-22+,29-24-,31-30+. The highest BCUT2D eigenvalue weighted by Gasteiger charge is 2.38. The molecule has 0 aromatic rings. The van der Waals surface area contributed by atoms with Crippen molar-refractivity contribution in [2.75, 3.05) is 0 Å². The lowest BCUT2D eigenvalue weighted by atomic mass is 9.75. The molecule has 2 aliphatic rings. The Bertz CT molecular complexity index is 1040. The maximum atomic E-state index is 14.1. The van der Waals surface area contributed by atoms with Crippen molar-refractivity contribution in [3.63, 3.8) is 0 Å². The van der Waals surface area contributed by atoms with Crippen LogP contribution in [-0.2, 0) is 0 Å². The highest BCUT2D eigenvalue weighted by atomic mass is 19.3. The molecule has 0 radical (unpaired) electrons. The second-order valence-electron chi connectivity index (χ2n) is 12.0. The lowest BCUT2D eigenvalue weighted by molar-refractivity contribution is 0.0635. The summed E-state index contributed by atoms with van der Waals surface area (Å²) in [5.74, 6) is -2.87. The second kappa shape index (κ2) is 11.4. The van der Waals surface area contributed by atoms with Crippen LogP contribution in [0.5, 0.6) is 0 Å². The number of alkyl halides is 2. The molecule has 0 aromatic carbocycles. The minimum Gasteiger partial charge on any atom is -0.202 e. The molecule has 0 unspecified atom stereocenters. The SMILES string of the molecule is C=C/C(=C(/C(=C)C)C(=C)CC/C(C)=C(/C=C(\C)C(C)(F)F)C(=C)/C=C(\C)C1(C)CC1)C1(C)CCCC1. The normalized spacial score (nSPS) is 20.9. The van der Waals surface area contributed by atoms with Gasteiger partial charge in [-0.1, -0.05) is 81.9 Å². The van der Waals surface area contributed by atoms with Gasteiger partial charge in [-0.25, -0.2) is 8.78 Å². The molecule has 0 aliphatic heterocycles. The molecule has 0 bridgehead atoms. The van der Waals surface area contributed by atoms with Gasteiger partial charge in [0.2, 0.25) is 0 Å². The zero-order valence-electron chi connectivity index (χ0n) is 24.0. The van der Waals surface area contributed by atoms with Gasteiger partial charge in [-0.2, -0.15) is 0 Å². The van der Waals surface area contributed by atoms with E-state index in [1.807, 2.05) is 19.9 Å². The molecular weight excluding hydrogens is 446 g/mol. The fourth-order valence-electron chi connectivity index (χ4n) is 5.32. The molecule has 0 amide bonds. The molecule has 0 atom stereocenters. The molecule has 0 N–H and O–H groups in total. The van der Waals surface area contributed by atoms with Crippen molar-refractivity contribution in [2.45, 2.75) is 106 Å². The van der Waals surface area contributed by atoms with Gasteiger partial charge in [0.1, 0.15) is 0 Å². The first-order chi connectivity index (χ1) is 16.6. The van der Waals surface area contributed by atoms with Crippen molar-refractivity contribution < 1.29 is 8.78 Å². The van der Waals surface area contributed by atoms with Gasteiger partial charge in [0.15, 0.2) is 0 Å². The number of allylic oxidation sites excluding steroid dienone is 12. The highest BCUT2D eigenvalue weighted by molar-refractivity contribution is 5.53. The Morgan fingerprint density at radius 1 is 0.861 bits per heavy atom. The summed E-state index contributed by atoms with van der Waals surface area (Å²) in [5.41, 5.74) is 8.72. The summed E-state index contributed by atoms with van der Waals surface area (Å²) in [6.45, 7) is 30.4. The molecular formula is C34H48F2. The molecule has 0 saturated heterocycles. The van der Waals surface area contributed by atoms with Crippen LogP contribution in [0.1, 0.15) is 99.8 Å². The quantitative estimate of drug-likeness (QED) is 0.237. The van der Waals surface area contributed by atoms with Crippen LogP contribution in [0.2, 0.25) is 0 Å². The van der Waals surface area contributed by atoms with Crippen molar-refractivity contribution in [2.24, 2.45) is 10.8 Å². The van der Waals surface area contributed by atoms with Crippen LogP contribution in [0.15, 0.2) is 94.7 Å². The monoisotopic (exact) mass is 494 g/mol.